The molecule has 5 nitrogen and oxygen atoms in total. The van der Waals surface area contributed by atoms with Crippen molar-refractivity contribution >= 4 is 33.4 Å². The van der Waals surface area contributed by atoms with Gasteiger partial charge in [-0.2, -0.15) is 0 Å². The Morgan fingerprint density at radius 3 is 2.90 bits per heavy atom. The molecule has 1 aliphatic heterocycles. The fourth-order valence-corrected chi connectivity index (χ4v) is 2.32. The lowest BCUT2D eigenvalue weighted by atomic mass is 10.3. The number of carbonyl (C=O) groups excluding carboxylic acids is 2. The van der Waals surface area contributed by atoms with E-state index in [4.69, 9.17) is 0 Å². The largest absolute Gasteiger partial charge is 0.333 e. The molecule has 0 saturated carbocycles. The van der Waals surface area contributed by atoms with Gasteiger partial charge in [0.1, 0.15) is 5.82 Å². The molecule has 0 unspecified atom stereocenters. The van der Waals surface area contributed by atoms with Crippen molar-refractivity contribution in [3.05, 3.63) is 28.5 Å². The third-order valence-corrected chi connectivity index (χ3v) is 3.49. The molecule has 1 fully saturated rings. The molecule has 1 heterocycles. The first-order valence-corrected chi connectivity index (χ1v) is 7.13. The number of amides is 2. The molecule has 0 bridgehead atoms. The number of nitrogens with one attached hydrogen (secondary N) is 2. The highest BCUT2D eigenvalue weighted by atomic mass is 79.9. The van der Waals surface area contributed by atoms with Crippen LogP contribution in [-0.2, 0) is 9.59 Å². The van der Waals surface area contributed by atoms with Crippen LogP contribution in [-0.4, -0.2) is 42.9 Å². The molecular formula is C13H15BrFN3O2. The van der Waals surface area contributed by atoms with Crippen molar-refractivity contribution in [2.75, 3.05) is 31.5 Å². The molecule has 1 aromatic rings. The zero-order valence-corrected chi connectivity index (χ0v) is 12.4. The van der Waals surface area contributed by atoms with Gasteiger partial charge in [0.2, 0.25) is 0 Å². The first kappa shape index (κ1) is 14.9. The Labute approximate surface area is 124 Å². The van der Waals surface area contributed by atoms with Crippen molar-refractivity contribution in [2.24, 2.45) is 0 Å². The van der Waals surface area contributed by atoms with E-state index < -0.39 is 17.6 Å². The minimum Gasteiger partial charge on any atom is -0.333 e. The molecule has 1 aliphatic rings. The van der Waals surface area contributed by atoms with Crippen molar-refractivity contribution in [3.8, 4) is 0 Å². The average Bonchev–Trinajstić information content (AvgIpc) is 2.71. The Morgan fingerprint density at radius 1 is 1.30 bits per heavy atom. The highest BCUT2D eigenvalue weighted by molar-refractivity contribution is 9.10. The van der Waals surface area contributed by atoms with Gasteiger partial charge in [-0.15, -0.1) is 0 Å². The van der Waals surface area contributed by atoms with Crippen molar-refractivity contribution < 1.29 is 14.0 Å². The molecule has 0 spiro atoms. The van der Waals surface area contributed by atoms with Crippen LogP contribution in [0.15, 0.2) is 22.7 Å². The summed E-state index contributed by atoms with van der Waals surface area (Å²) in [6.45, 7) is 2.49. The maximum atomic E-state index is 13.5. The lowest BCUT2D eigenvalue weighted by molar-refractivity contribution is -0.143. The number of carbonyl (C=O) groups is 2. The molecule has 7 heteroatoms. The summed E-state index contributed by atoms with van der Waals surface area (Å²) in [5.74, 6) is -2.02. The summed E-state index contributed by atoms with van der Waals surface area (Å²) >= 11 is 3.19. The number of anilines is 1. The van der Waals surface area contributed by atoms with Crippen LogP contribution >= 0.6 is 15.9 Å². The average molecular weight is 344 g/mol. The molecule has 0 atom stereocenters. The summed E-state index contributed by atoms with van der Waals surface area (Å²) in [6.07, 6.45) is 0.796. The SMILES string of the molecule is O=C(Nc1cc(Br)ccc1F)C(=O)N1CCCNCC1. The lowest BCUT2D eigenvalue weighted by Crippen LogP contribution is -2.41. The van der Waals surface area contributed by atoms with Gasteiger partial charge < -0.3 is 15.5 Å². The third kappa shape index (κ3) is 3.77. The van der Waals surface area contributed by atoms with Crippen LogP contribution in [0.2, 0.25) is 0 Å². The lowest BCUT2D eigenvalue weighted by Gasteiger charge is -2.19. The number of hydrogen-bond acceptors (Lipinski definition) is 3. The Hall–Kier alpha value is -1.47. The van der Waals surface area contributed by atoms with Crippen molar-refractivity contribution in [1.82, 2.24) is 10.2 Å². The number of hydrogen-bond donors (Lipinski definition) is 2. The normalized spacial score (nSPS) is 15.6. The van der Waals surface area contributed by atoms with Crippen molar-refractivity contribution in [3.63, 3.8) is 0 Å². The van der Waals surface area contributed by atoms with Crippen LogP contribution < -0.4 is 10.6 Å². The van der Waals surface area contributed by atoms with E-state index in [1.165, 1.54) is 23.1 Å². The molecule has 0 radical (unpaired) electrons. The quantitative estimate of drug-likeness (QED) is 0.756. The molecule has 108 valence electrons. The standard InChI is InChI=1S/C13H15BrFN3O2/c14-9-2-3-10(15)11(8-9)17-12(19)13(20)18-6-1-4-16-5-7-18/h2-3,8,16H,1,4-7H2,(H,17,19). The van der Waals surface area contributed by atoms with Crippen molar-refractivity contribution in [1.29, 1.82) is 0 Å². The predicted octanol–water partition coefficient (Wildman–Crippen LogP) is 1.35. The fourth-order valence-electron chi connectivity index (χ4n) is 1.96. The van der Waals surface area contributed by atoms with Crippen LogP contribution in [0, 0.1) is 5.82 Å². The zero-order chi connectivity index (χ0) is 14.5. The van der Waals surface area contributed by atoms with Gasteiger partial charge in [-0.05, 0) is 31.2 Å². The van der Waals surface area contributed by atoms with Gasteiger partial charge in [-0.1, -0.05) is 15.9 Å². The van der Waals surface area contributed by atoms with E-state index in [2.05, 4.69) is 26.6 Å². The van der Waals surface area contributed by atoms with Gasteiger partial charge in [-0.25, -0.2) is 4.39 Å². The van der Waals surface area contributed by atoms with Crippen LogP contribution in [0.1, 0.15) is 6.42 Å². The minimum atomic E-state index is -0.816. The predicted molar refractivity (Wildman–Crippen MR) is 76.8 cm³/mol. The van der Waals surface area contributed by atoms with Crippen molar-refractivity contribution in [2.45, 2.75) is 6.42 Å². The molecule has 1 aromatic carbocycles. The molecular weight excluding hydrogens is 329 g/mol. The topological polar surface area (TPSA) is 61.4 Å². The summed E-state index contributed by atoms with van der Waals surface area (Å²) in [5, 5.41) is 5.46. The van der Waals surface area contributed by atoms with E-state index in [-0.39, 0.29) is 5.69 Å². The van der Waals surface area contributed by atoms with E-state index in [1.807, 2.05) is 0 Å². The second-order valence-electron chi connectivity index (χ2n) is 4.47. The molecule has 2 amide bonds. The van der Waals surface area contributed by atoms with E-state index in [9.17, 15) is 14.0 Å². The highest BCUT2D eigenvalue weighted by Crippen LogP contribution is 2.20. The Kier molecular flexibility index (Phi) is 5.08. The highest BCUT2D eigenvalue weighted by Gasteiger charge is 2.23. The second-order valence-corrected chi connectivity index (χ2v) is 5.39. The van der Waals surface area contributed by atoms with E-state index >= 15 is 0 Å². The summed E-state index contributed by atoms with van der Waals surface area (Å²) in [5.41, 5.74) is -0.00864. The zero-order valence-electron chi connectivity index (χ0n) is 10.8. The summed E-state index contributed by atoms with van der Waals surface area (Å²) in [4.78, 5) is 25.4. The van der Waals surface area contributed by atoms with Crippen LogP contribution in [0.25, 0.3) is 0 Å². The number of halogens is 2. The fraction of sp³-hybridized carbons (Fsp3) is 0.385. The summed E-state index contributed by atoms with van der Waals surface area (Å²) in [6, 6.07) is 4.16. The second kappa shape index (κ2) is 6.81. The monoisotopic (exact) mass is 343 g/mol. The van der Waals surface area contributed by atoms with Crippen LogP contribution in [0.5, 0.6) is 0 Å². The Morgan fingerprint density at radius 2 is 2.10 bits per heavy atom. The van der Waals surface area contributed by atoms with E-state index in [1.54, 1.807) is 0 Å². The maximum Gasteiger partial charge on any atom is 0.313 e. The van der Waals surface area contributed by atoms with Crippen LogP contribution in [0.3, 0.4) is 0 Å². The molecule has 2 rings (SSSR count). The first-order chi connectivity index (χ1) is 9.58. The summed E-state index contributed by atoms with van der Waals surface area (Å²) < 4.78 is 14.2. The Bertz CT molecular complexity index is 516. The maximum absolute atomic E-state index is 13.5. The van der Waals surface area contributed by atoms with Gasteiger partial charge in [0.25, 0.3) is 0 Å². The first-order valence-electron chi connectivity index (χ1n) is 6.34. The third-order valence-electron chi connectivity index (χ3n) is 3.00. The smallest absolute Gasteiger partial charge is 0.313 e. The van der Waals surface area contributed by atoms with Gasteiger partial charge in [-0.3, -0.25) is 9.59 Å². The number of benzene rings is 1. The van der Waals surface area contributed by atoms with E-state index in [0.29, 0.717) is 24.1 Å². The van der Waals surface area contributed by atoms with Gasteiger partial charge in [0, 0.05) is 24.1 Å². The molecule has 0 aromatic heterocycles. The number of rotatable bonds is 1. The molecule has 20 heavy (non-hydrogen) atoms. The van der Waals surface area contributed by atoms with Gasteiger partial charge >= 0.3 is 11.8 Å². The molecule has 2 N–H and O–H groups in total. The van der Waals surface area contributed by atoms with Gasteiger partial charge in [0.05, 0.1) is 5.69 Å². The van der Waals surface area contributed by atoms with E-state index in [0.717, 1.165) is 13.0 Å². The number of nitrogens with zero attached hydrogens (tertiary/aromatic N) is 1. The Balaban J connectivity index is 2.03. The summed E-state index contributed by atoms with van der Waals surface area (Å²) in [7, 11) is 0. The molecule has 0 aliphatic carbocycles. The van der Waals surface area contributed by atoms with Gasteiger partial charge in [0.15, 0.2) is 0 Å². The molecule has 1 saturated heterocycles. The minimum absolute atomic E-state index is 0.00864. The van der Waals surface area contributed by atoms with Crippen LogP contribution in [0.4, 0.5) is 10.1 Å².